The Morgan fingerprint density at radius 2 is 1.82 bits per heavy atom. The molecule has 0 saturated carbocycles. The van der Waals surface area contributed by atoms with Gasteiger partial charge in [-0.3, -0.25) is 0 Å². The lowest BCUT2D eigenvalue weighted by Crippen LogP contribution is -2.36. The molecule has 34 heavy (non-hydrogen) atoms. The van der Waals surface area contributed by atoms with Gasteiger partial charge in [-0.05, 0) is 84.6 Å². The number of fused-ring (bicyclic) bond motifs is 6. The van der Waals surface area contributed by atoms with Crippen molar-refractivity contribution in [1.82, 2.24) is 4.57 Å². The van der Waals surface area contributed by atoms with Crippen LogP contribution in [0, 0.1) is 0 Å². The van der Waals surface area contributed by atoms with Gasteiger partial charge in [0.05, 0.1) is 10.9 Å². The first-order chi connectivity index (χ1) is 16.8. The molecule has 2 N–H and O–H groups in total. The SMILES string of the molecule is NC1C=c2c(c3ccccc3n2C2=CC=CC(c3cc4c(c5c3C=CCC5)CCC=C4)C2)=CC1. The number of rotatable bonds is 2. The summed E-state index contributed by atoms with van der Waals surface area (Å²) in [4.78, 5) is 0. The minimum Gasteiger partial charge on any atom is -0.324 e. The van der Waals surface area contributed by atoms with Crippen molar-refractivity contribution >= 4 is 40.9 Å². The highest BCUT2D eigenvalue weighted by molar-refractivity contribution is 5.86. The van der Waals surface area contributed by atoms with Crippen LogP contribution in [0.2, 0.25) is 0 Å². The second-order valence-corrected chi connectivity index (χ2v) is 10.1. The molecule has 2 atom stereocenters. The number of nitrogens with zero attached hydrogens (tertiary/aromatic N) is 1. The van der Waals surface area contributed by atoms with Crippen molar-refractivity contribution < 1.29 is 0 Å². The van der Waals surface area contributed by atoms with Crippen LogP contribution in [0.5, 0.6) is 0 Å². The van der Waals surface area contributed by atoms with Gasteiger partial charge in [-0.1, -0.05) is 66.8 Å². The quantitative estimate of drug-likeness (QED) is 0.563. The smallest absolute Gasteiger partial charge is 0.0537 e. The van der Waals surface area contributed by atoms with E-state index in [0.29, 0.717) is 5.92 Å². The molecule has 168 valence electrons. The monoisotopic (exact) mass is 442 g/mol. The first kappa shape index (κ1) is 20.1. The first-order valence-corrected chi connectivity index (χ1v) is 12.7. The average molecular weight is 443 g/mol. The van der Waals surface area contributed by atoms with Crippen LogP contribution in [0.25, 0.3) is 40.9 Å². The highest BCUT2D eigenvalue weighted by atomic mass is 15.0. The molecule has 0 radical (unpaired) electrons. The number of benzene rings is 2. The zero-order chi connectivity index (χ0) is 22.6. The van der Waals surface area contributed by atoms with Gasteiger partial charge in [0.2, 0.25) is 0 Å². The zero-order valence-electron chi connectivity index (χ0n) is 19.5. The molecule has 4 aliphatic carbocycles. The number of hydrogen-bond acceptors (Lipinski definition) is 1. The summed E-state index contributed by atoms with van der Waals surface area (Å²) in [7, 11) is 0. The van der Waals surface area contributed by atoms with E-state index in [2.05, 4.69) is 89.6 Å². The summed E-state index contributed by atoms with van der Waals surface area (Å²) >= 11 is 0. The Morgan fingerprint density at radius 3 is 2.76 bits per heavy atom. The van der Waals surface area contributed by atoms with Crippen LogP contribution in [0.1, 0.15) is 59.4 Å². The molecule has 0 spiro atoms. The summed E-state index contributed by atoms with van der Waals surface area (Å²) in [5, 5.41) is 3.92. The van der Waals surface area contributed by atoms with Crippen LogP contribution >= 0.6 is 0 Å². The fourth-order valence-electron chi connectivity index (χ4n) is 6.48. The van der Waals surface area contributed by atoms with Crippen LogP contribution in [0.4, 0.5) is 0 Å². The molecule has 0 amide bonds. The van der Waals surface area contributed by atoms with Gasteiger partial charge < -0.3 is 10.3 Å². The Labute approximate surface area is 200 Å². The fourth-order valence-corrected chi connectivity index (χ4v) is 6.48. The van der Waals surface area contributed by atoms with E-state index in [1.807, 2.05) is 0 Å². The van der Waals surface area contributed by atoms with Crippen molar-refractivity contribution in [1.29, 1.82) is 0 Å². The summed E-state index contributed by atoms with van der Waals surface area (Å²) in [6, 6.07) is 11.4. The van der Waals surface area contributed by atoms with Gasteiger partial charge in [-0.25, -0.2) is 0 Å². The van der Waals surface area contributed by atoms with E-state index >= 15 is 0 Å². The Kier molecular flexibility index (Phi) is 4.63. The zero-order valence-corrected chi connectivity index (χ0v) is 19.5. The molecule has 7 rings (SSSR count). The maximum Gasteiger partial charge on any atom is 0.0537 e. The molecular weight excluding hydrogens is 412 g/mol. The maximum absolute atomic E-state index is 6.38. The minimum absolute atomic E-state index is 0.0793. The van der Waals surface area contributed by atoms with Crippen molar-refractivity contribution in [3.8, 4) is 0 Å². The lowest BCUT2D eigenvalue weighted by atomic mass is 9.78. The van der Waals surface area contributed by atoms with Gasteiger partial charge in [-0.2, -0.15) is 0 Å². The third-order valence-electron chi connectivity index (χ3n) is 8.03. The van der Waals surface area contributed by atoms with Gasteiger partial charge in [0, 0.05) is 28.3 Å². The molecular formula is C32H30N2. The molecule has 0 aliphatic heterocycles. The van der Waals surface area contributed by atoms with Crippen LogP contribution < -0.4 is 16.3 Å². The van der Waals surface area contributed by atoms with E-state index in [1.165, 1.54) is 63.1 Å². The number of nitrogens with two attached hydrogens (primary N) is 1. The first-order valence-electron chi connectivity index (χ1n) is 12.7. The predicted octanol–water partition coefficient (Wildman–Crippen LogP) is 5.44. The van der Waals surface area contributed by atoms with E-state index in [4.69, 9.17) is 5.73 Å². The summed E-state index contributed by atoms with van der Waals surface area (Å²) in [6.45, 7) is 0. The van der Waals surface area contributed by atoms with Gasteiger partial charge in [0.25, 0.3) is 0 Å². The van der Waals surface area contributed by atoms with Gasteiger partial charge in [-0.15, -0.1) is 0 Å². The summed E-state index contributed by atoms with van der Waals surface area (Å²) < 4.78 is 2.47. The Balaban J connectivity index is 1.37. The molecule has 1 aromatic heterocycles. The molecule has 0 bridgehead atoms. The van der Waals surface area contributed by atoms with Crippen LogP contribution in [-0.2, 0) is 12.8 Å². The number of allylic oxidation sites excluding steroid dienone is 6. The van der Waals surface area contributed by atoms with Crippen molar-refractivity contribution in [2.24, 2.45) is 5.73 Å². The second kappa shape index (κ2) is 7.85. The second-order valence-electron chi connectivity index (χ2n) is 10.1. The number of para-hydroxylation sites is 1. The van der Waals surface area contributed by atoms with Crippen LogP contribution in [0.3, 0.4) is 0 Å². The fraction of sp³-hybridized carbons (Fsp3) is 0.250. The van der Waals surface area contributed by atoms with Crippen LogP contribution in [0.15, 0.2) is 60.7 Å². The van der Waals surface area contributed by atoms with E-state index in [0.717, 1.165) is 19.3 Å². The molecule has 0 saturated heterocycles. The van der Waals surface area contributed by atoms with E-state index < -0.39 is 0 Å². The lowest BCUT2D eigenvalue weighted by molar-refractivity contribution is 0.806. The van der Waals surface area contributed by atoms with Crippen molar-refractivity contribution in [2.75, 3.05) is 0 Å². The minimum atomic E-state index is 0.0793. The maximum atomic E-state index is 6.38. The molecule has 1 heterocycles. The van der Waals surface area contributed by atoms with Gasteiger partial charge in [0.1, 0.15) is 0 Å². The topological polar surface area (TPSA) is 30.9 Å². The Hall–Kier alpha value is -3.36. The summed E-state index contributed by atoms with van der Waals surface area (Å²) in [5.74, 6) is 0.371. The van der Waals surface area contributed by atoms with E-state index in [1.54, 1.807) is 11.1 Å². The van der Waals surface area contributed by atoms with Crippen molar-refractivity contribution in [3.05, 3.63) is 99.1 Å². The highest BCUT2D eigenvalue weighted by Gasteiger charge is 2.25. The Bertz CT molecular complexity index is 1570. The molecule has 2 unspecified atom stereocenters. The molecule has 2 aromatic carbocycles. The van der Waals surface area contributed by atoms with E-state index in [-0.39, 0.29) is 6.04 Å². The number of hydrogen-bond donors (Lipinski definition) is 1. The predicted molar refractivity (Wildman–Crippen MR) is 145 cm³/mol. The molecule has 2 heteroatoms. The highest BCUT2D eigenvalue weighted by Crippen LogP contribution is 2.40. The van der Waals surface area contributed by atoms with Crippen molar-refractivity contribution in [2.45, 2.75) is 50.5 Å². The third kappa shape index (κ3) is 3.05. The third-order valence-corrected chi connectivity index (χ3v) is 8.03. The summed E-state index contributed by atoms with van der Waals surface area (Å²) in [5.41, 5.74) is 16.6. The lowest BCUT2D eigenvalue weighted by Gasteiger charge is -2.28. The molecule has 0 fully saturated rings. The molecule has 4 aliphatic rings. The van der Waals surface area contributed by atoms with Gasteiger partial charge >= 0.3 is 0 Å². The normalized spacial score (nSPS) is 22.4. The van der Waals surface area contributed by atoms with Gasteiger partial charge in [0.15, 0.2) is 0 Å². The molecule has 2 nitrogen and oxygen atoms in total. The van der Waals surface area contributed by atoms with Crippen LogP contribution in [-0.4, -0.2) is 10.6 Å². The molecule has 3 aromatic rings. The average Bonchev–Trinajstić information content (AvgIpc) is 3.21. The summed E-state index contributed by atoms with van der Waals surface area (Å²) in [6.07, 6.45) is 27.6. The largest absolute Gasteiger partial charge is 0.324 e. The number of aromatic nitrogens is 1. The Morgan fingerprint density at radius 1 is 0.971 bits per heavy atom. The van der Waals surface area contributed by atoms with E-state index in [9.17, 15) is 0 Å². The standard InChI is InChI=1S/C32H30N2/c33-23-16-17-29-28-14-5-6-15-31(28)34(32(29)20-23)24-10-7-9-21(18-24)30-19-22-8-1-2-11-25(22)26-12-3-4-13-27(26)30/h1,4-10,13-15,17,19-21,23H,2-3,11-12,16,18,33H2. The van der Waals surface area contributed by atoms with Crippen molar-refractivity contribution in [3.63, 3.8) is 0 Å².